The molecule has 0 aliphatic rings. The minimum Gasteiger partial charge on any atom is -0.394 e. The quantitative estimate of drug-likeness (QED) is 0.782. The summed E-state index contributed by atoms with van der Waals surface area (Å²) in [5, 5.41) is 12.8. The fourth-order valence-electron chi connectivity index (χ4n) is 1.94. The Labute approximate surface area is 121 Å². The predicted molar refractivity (Wildman–Crippen MR) is 77.7 cm³/mol. The van der Waals surface area contributed by atoms with Crippen molar-refractivity contribution >= 4 is 10.0 Å². The van der Waals surface area contributed by atoms with Crippen LogP contribution in [0.5, 0.6) is 0 Å². The summed E-state index contributed by atoms with van der Waals surface area (Å²) in [4.78, 5) is 0.187. The molecule has 0 spiro atoms. The Kier molecular flexibility index (Phi) is 6.16. The van der Waals surface area contributed by atoms with Crippen LogP contribution < -0.4 is 0 Å². The fraction of sp³-hybridized carbons (Fsp3) is 0.769. The van der Waals surface area contributed by atoms with Crippen LogP contribution in [0.25, 0.3) is 0 Å². The Morgan fingerprint density at radius 1 is 1.25 bits per heavy atom. The van der Waals surface area contributed by atoms with Gasteiger partial charge in [0.25, 0.3) is 0 Å². The molecule has 7 heteroatoms. The van der Waals surface area contributed by atoms with E-state index in [1.165, 1.54) is 21.4 Å². The van der Waals surface area contributed by atoms with Crippen molar-refractivity contribution in [2.75, 3.05) is 19.7 Å². The largest absolute Gasteiger partial charge is 0.394 e. The van der Waals surface area contributed by atoms with Crippen molar-refractivity contribution in [2.45, 2.75) is 39.1 Å². The van der Waals surface area contributed by atoms with E-state index in [1.807, 2.05) is 27.7 Å². The summed E-state index contributed by atoms with van der Waals surface area (Å²) in [6, 6.07) is 0. The van der Waals surface area contributed by atoms with Gasteiger partial charge in [0.15, 0.2) is 0 Å². The van der Waals surface area contributed by atoms with Crippen LogP contribution >= 0.6 is 0 Å². The molecule has 1 rings (SSSR count). The molecule has 0 aromatic carbocycles. The van der Waals surface area contributed by atoms with Crippen molar-refractivity contribution in [3.05, 3.63) is 12.4 Å². The molecule has 0 atom stereocenters. The number of hydrogen-bond donors (Lipinski definition) is 1. The second-order valence-electron chi connectivity index (χ2n) is 5.77. The van der Waals surface area contributed by atoms with E-state index in [4.69, 9.17) is 5.11 Å². The monoisotopic (exact) mass is 303 g/mol. The minimum atomic E-state index is -3.52. The maximum Gasteiger partial charge on any atom is 0.246 e. The van der Waals surface area contributed by atoms with Gasteiger partial charge in [0, 0.05) is 19.3 Å². The third-order valence-corrected chi connectivity index (χ3v) is 4.50. The van der Waals surface area contributed by atoms with E-state index in [0.29, 0.717) is 19.6 Å². The van der Waals surface area contributed by atoms with Crippen molar-refractivity contribution in [3.8, 4) is 0 Å². The number of rotatable bonds is 8. The zero-order chi connectivity index (χ0) is 15.3. The van der Waals surface area contributed by atoms with E-state index in [-0.39, 0.29) is 23.3 Å². The van der Waals surface area contributed by atoms with Crippen molar-refractivity contribution in [1.29, 1.82) is 0 Å². The van der Waals surface area contributed by atoms with E-state index in [1.54, 1.807) is 0 Å². The van der Waals surface area contributed by atoms with Gasteiger partial charge < -0.3 is 5.11 Å². The highest BCUT2D eigenvalue weighted by molar-refractivity contribution is 7.89. The molecule has 0 radical (unpaired) electrons. The van der Waals surface area contributed by atoms with Gasteiger partial charge in [-0.1, -0.05) is 27.7 Å². The summed E-state index contributed by atoms with van der Waals surface area (Å²) in [5.74, 6) is 0.520. The van der Waals surface area contributed by atoms with Crippen molar-refractivity contribution < 1.29 is 13.5 Å². The molecule has 20 heavy (non-hydrogen) atoms. The molecular formula is C13H25N3O3S. The van der Waals surface area contributed by atoms with E-state index in [2.05, 4.69) is 5.10 Å². The number of aliphatic hydroxyl groups is 1. The molecule has 0 unspecified atom stereocenters. The van der Waals surface area contributed by atoms with Gasteiger partial charge in [0.2, 0.25) is 10.0 Å². The van der Waals surface area contributed by atoms with Crippen molar-refractivity contribution in [2.24, 2.45) is 11.8 Å². The van der Waals surface area contributed by atoms with Crippen molar-refractivity contribution in [1.82, 2.24) is 14.1 Å². The highest BCUT2D eigenvalue weighted by atomic mass is 32.2. The molecule has 1 N–H and O–H groups in total. The lowest BCUT2D eigenvalue weighted by molar-refractivity contribution is 0.269. The van der Waals surface area contributed by atoms with Gasteiger partial charge in [0.05, 0.1) is 19.3 Å². The summed E-state index contributed by atoms with van der Waals surface area (Å²) < 4.78 is 28.2. The number of sulfonamides is 1. The summed E-state index contributed by atoms with van der Waals surface area (Å²) in [5.41, 5.74) is 0. The lowest BCUT2D eigenvalue weighted by Gasteiger charge is -2.24. The summed E-state index contributed by atoms with van der Waals surface area (Å²) in [6.45, 7) is 9.20. The molecule has 1 heterocycles. The molecular weight excluding hydrogens is 278 g/mol. The minimum absolute atomic E-state index is 0.0666. The second kappa shape index (κ2) is 7.19. The van der Waals surface area contributed by atoms with Crippen LogP contribution in [-0.2, 0) is 16.6 Å². The maximum absolute atomic E-state index is 12.6. The average Bonchev–Trinajstić information content (AvgIpc) is 2.76. The smallest absolute Gasteiger partial charge is 0.246 e. The molecule has 1 aromatic rings. The van der Waals surface area contributed by atoms with Crippen LogP contribution in [0.1, 0.15) is 27.7 Å². The van der Waals surface area contributed by atoms with Gasteiger partial charge in [-0.25, -0.2) is 8.42 Å². The van der Waals surface area contributed by atoms with Gasteiger partial charge in [-0.3, -0.25) is 4.68 Å². The van der Waals surface area contributed by atoms with Crippen molar-refractivity contribution in [3.63, 3.8) is 0 Å². The Morgan fingerprint density at radius 3 is 2.25 bits per heavy atom. The Morgan fingerprint density at radius 2 is 1.80 bits per heavy atom. The summed E-state index contributed by atoms with van der Waals surface area (Å²) >= 11 is 0. The fourth-order valence-corrected chi connectivity index (χ4v) is 3.66. The molecule has 0 amide bonds. The van der Waals surface area contributed by atoms with Crippen LogP contribution in [0.15, 0.2) is 17.3 Å². The summed E-state index contributed by atoms with van der Waals surface area (Å²) in [6.07, 6.45) is 2.82. The molecule has 0 aliphatic carbocycles. The Bertz CT molecular complexity index is 499. The third kappa shape index (κ3) is 4.57. The molecule has 0 bridgehead atoms. The molecule has 0 saturated heterocycles. The molecule has 1 aromatic heterocycles. The third-order valence-electron chi connectivity index (χ3n) is 2.71. The Balaban J connectivity index is 3.01. The maximum atomic E-state index is 12.6. The van der Waals surface area contributed by atoms with Gasteiger partial charge in [0.1, 0.15) is 4.90 Å². The van der Waals surface area contributed by atoms with Crippen LogP contribution in [0.2, 0.25) is 0 Å². The normalized spacial score (nSPS) is 12.8. The Hall–Kier alpha value is -0.920. The number of nitrogens with zero attached hydrogens (tertiary/aromatic N) is 3. The summed E-state index contributed by atoms with van der Waals surface area (Å²) in [7, 11) is -3.52. The van der Waals surface area contributed by atoms with Crippen LogP contribution in [-0.4, -0.2) is 47.3 Å². The van der Waals surface area contributed by atoms with E-state index in [9.17, 15) is 8.42 Å². The van der Waals surface area contributed by atoms with E-state index < -0.39 is 10.0 Å². The zero-order valence-corrected chi connectivity index (χ0v) is 13.5. The number of hydrogen-bond acceptors (Lipinski definition) is 4. The average molecular weight is 303 g/mol. The first-order valence-corrected chi connectivity index (χ1v) is 8.34. The van der Waals surface area contributed by atoms with E-state index >= 15 is 0 Å². The second-order valence-corrected chi connectivity index (χ2v) is 7.71. The molecule has 0 fully saturated rings. The molecule has 0 aliphatic heterocycles. The van der Waals surface area contributed by atoms with Crippen LogP contribution in [0.3, 0.4) is 0 Å². The van der Waals surface area contributed by atoms with Crippen LogP contribution in [0, 0.1) is 11.8 Å². The van der Waals surface area contributed by atoms with Gasteiger partial charge >= 0.3 is 0 Å². The van der Waals surface area contributed by atoms with Gasteiger partial charge in [-0.05, 0) is 11.8 Å². The number of aliphatic hydroxyl groups excluding tert-OH is 1. The predicted octanol–water partition coefficient (Wildman–Crippen LogP) is 1.18. The first-order valence-electron chi connectivity index (χ1n) is 6.90. The van der Waals surface area contributed by atoms with Gasteiger partial charge in [-0.2, -0.15) is 9.40 Å². The first-order chi connectivity index (χ1) is 9.27. The molecule has 6 nitrogen and oxygen atoms in total. The highest BCUT2D eigenvalue weighted by Crippen LogP contribution is 2.18. The molecule has 116 valence electrons. The first kappa shape index (κ1) is 17.1. The van der Waals surface area contributed by atoms with E-state index in [0.717, 1.165) is 0 Å². The zero-order valence-electron chi connectivity index (χ0n) is 12.7. The van der Waals surface area contributed by atoms with Crippen LogP contribution in [0.4, 0.5) is 0 Å². The highest BCUT2D eigenvalue weighted by Gasteiger charge is 2.27. The number of aromatic nitrogens is 2. The van der Waals surface area contributed by atoms with Gasteiger partial charge in [-0.15, -0.1) is 0 Å². The SMILES string of the molecule is CC(C)CN(CC(C)C)S(=O)(=O)c1cnn(CCO)c1. The molecule has 0 saturated carbocycles. The standard InChI is InChI=1S/C13H25N3O3S/c1-11(2)8-16(9-12(3)4)20(18,19)13-7-14-15(10-13)5-6-17/h7,10-12,17H,5-6,8-9H2,1-4H3. The topological polar surface area (TPSA) is 75.4 Å². The lowest BCUT2D eigenvalue weighted by atomic mass is 10.2. The lowest BCUT2D eigenvalue weighted by Crippen LogP contribution is -2.36.